The van der Waals surface area contributed by atoms with E-state index in [1.54, 1.807) is 20.2 Å². The summed E-state index contributed by atoms with van der Waals surface area (Å²) in [5.41, 5.74) is -0.618. The van der Waals surface area contributed by atoms with Gasteiger partial charge in [-0.1, -0.05) is 12.2 Å². The van der Waals surface area contributed by atoms with E-state index < -0.39 is 68.0 Å². The van der Waals surface area contributed by atoms with Gasteiger partial charge in [0.1, 0.15) is 29.3 Å². The summed E-state index contributed by atoms with van der Waals surface area (Å²) in [6, 6.07) is 0. The van der Waals surface area contributed by atoms with E-state index in [1.807, 2.05) is 0 Å². The topological polar surface area (TPSA) is 176 Å². The minimum atomic E-state index is -3.76. The largest absolute Gasteiger partial charge is 0.394 e. The van der Waals surface area contributed by atoms with Crippen molar-refractivity contribution in [3.05, 3.63) is 59.5 Å². The number of aromatic amines is 1. The minimum absolute atomic E-state index is 0.0561. The van der Waals surface area contributed by atoms with Gasteiger partial charge < -0.3 is 28.7 Å². The van der Waals surface area contributed by atoms with Gasteiger partial charge in [0.2, 0.25) is 0 Å². The van der Waals surface area contributed by atoms with Crippen molar-refractivity contribution in [1.29, 1.82) is 0 Å². The van der Waals surface area contributed by atoms with Crippen molar-refractivity contribution < 1.29 is 33.3 Å². The fourth-order valence-corrected chi connectivity index (χ4v) is 5.84. The molecular weight excluding hydrogens is 543 g/mol. The fraction of sp³-hybridized carbons (Fsp3) is 0.636. The van der Waals surface area contributed by atoms with Crippen molar-refractivity contribution in [2.45, 2.75) is 63.6 Å². The molecule has 0 aliphatic carbocycles. The zero-order chi connectivity index (χ0) is 27.9. The lowest BCUT2D eigenvalue weighted by Crippen LogP contribution is -2.33. The Kier molecular flexibility index (Phi) is 8.40. The van der Waals surface area contributed by atoms with Gasteiger partial charge in [-0.15, -0.1) is 0 Å². The quantitative estimate of drug-likeness (QED) is 0.291. The number of nitrogens with zero attached hydrogens (tertiary/aromatic N) is 3. The van der Waals surface area contributed by atoms with Crippen LogP contribution in [0.25, 0.3) is 0 Å². The van der Waals surface area contributed by atoms with Crippen LogP contribution in [0.2, 0.25) is 0 Å². The molecule has 0 spiro atoms. The number of nitrogens with one attached hydrogen (secondary N) is 1. The maximum atomic E-state index is 13.1. The van der Waals surface area contributed by atoms with Gasteiger partial charge in [-0.2, -0.15) is 0 Å². The summed E-state index contributed by atoms with van der Waals surface area (Å²) in [4.78, 5) is 38.7. The van der Waals surface area contributed by atoms with Crippen LogP contribution in [0, 0.1) is 18.5 Å². The first-order valence-electron chi connectivity index (χ1n) is 11.9. The number of aromatic nitrogens is 4. The molecule has 7 atom stereocenters. The number of aliphatic hydroxyl groups is 2. The van der Waals surface area contributed by atoms with E-state index in [2.05, 4.69) is 4.98 Å². The van der Waals surface area contributed by atoms with Crippen LogP contribution < -0.4 is 16.9 Å². The number of H-pyrrole nitrogens is 1. The van der Waals surface area contributed by atoms with E-state index in [1.165, 1.54) is 33.5 Å². The van der Waals surface area contributed by atoms with Crippen LogP contribution in [-0.4, -0.2) is 73.2 Å². The Morgan fingerprint density at radius 2 is 1.74 bits per heavy atom. The predicted molar refractivity (Wildman–Crippen MR) is 136 cm³/mol. The van der Waals surface area contributed by atoms with Gasteiger partial charge in [-0.3, -0.25) is 28.0 Å². The molecule has 1 unspecified atom stereocenters. The Morgan fingerprint density at radius 1 is 1.11 bits per heavy atom. The lowest BCUT2D eigenvalue weighted by Gasteiger charge is -2.23. The molecule has 0 radical (unpaired) electrons. The molecule has 0 bridgehead atoms. The zero-order valence-electron chi connectivity index (χ0n) is 21.3. The van der Waals surface area contributed by atoms with Crippen molar-refractivity contribution >= 4 is 19.8 Å². The second kappa shape index (κ2) is 11.1. The molecule has 0 aromatic carbocycles. The SMILES string of the molecule is Cc1cn([C@H]2C[C@H](OP(C)(=O)OC[C@H]3O[C@@H](n4cc(C)c(=S)n(C)c4=O)C[C@@H]3O)[C@@H](CO)O2)c(=O)[nH]c1=O. The van der Waals surface area contributed by atoms with Crippen LogP contribution in [0.5, 0.6) is 0 Å². The van der Waals surface area contributed by atoms with Gasteiger partial charge in [0, 0.05) is 50.1 Å². The maximum absolute atomic E-state index is 13.1. The summed E-state index contributed by atoms with van der Waals surface area (Å²) >= 11 is 5.21. The smallest absolute Gasteiger partial charge is 0.331 e. The lowest BCUT2D eigenvalue weighted by atomic mass is 10.2. The Morgan fingerprint density at radius 3 is 2.42 bits per heavy atom. The molecule has 16 heteroatoms. The lowest BCUT2D eigenvalue weighted by molar-refractivity contribution is -0.0522. The first kappa shape index (κ1) is 28.8. The normalized spacial score (nSPS) is 29.0. The fourth-order valence-electron chi connectivity index (χ4n) is 4.52. The molecule has 2 saturated heterocycles. The summed E-state index contributed by atoms with van der Waals surface area (Å²) in [6.07, 6.45) is -2.25. The average molecular weight is 575 g/mol. The second-order valence-corrected chi connectivity index (χ2v) is 11.9. The molecular formula is C22H31N4O10PS. The van der Waals surface area contributed by atoms with Crippen molar-refractivity contribution in [1.82, 2.24) is 18.7 Å². The van der Waals surface area contributed by atoms with E-state index in [9.17, 15) is 29.2 Å². The van der Waals surface area contributed by atoms with Gasteiger partial charge in [-0.25, -0.2) is 9.59 Å². The van der Waals surface area contributed by atoms with E-state index in [-0.39, 0.29) is 19.4 Å². The third-order valence-electron chi connectivity index (χ3n) is 6.61. The molecule has 14 nitrogen and oxygen atoms in total. The molecule has 210 valence electrons. The number of ether oxygens (including phenoxy) is 2. The Bertz CT molecular complexity index is 1480. The molecule has 0 saturated carbocycles. The Labute approximate surface area is 221 Å². The van der Waals surface area contributed by atoms with E-state index in [4.69, 9.17) is 30.7 Å². The number of aryl methyl sites for hydroxylation is 2. The first-order chi connectivity index (χ1) is 17.8. The summed E-state index contributed by atoms with van der Waals surface area (Å²) in [6.45, 7) is 3.77. The summed E-state index contributed by atoms with van der Waals surface area (Å²) in [7, 11) is -2.20. The molecule has 2 fully saturated rings. The molecule has 2 aliphatic heterocycles. The molecule has 2 aliphatic rings. The number of rotatable bonds is 8. The molecule has 4 rings (SSSR count). The highest BCUT2D eigenvalue weighted by molar-refractivity contribution is 7.71. The molecule has 3 N–H and O–H groups in total. The first-order valence-corrected chi connectivity index (χ1v) is 14.3. The maximum Gasteiger partial charge on any atom is 0.331 e. The third-order valence-corrected chi connectivity index (χ3v) is 8.48. The number of hydrogen-bond donors (Lipinski definition) is 3. The van der Waals surface area contributed by atoms with Crippen LogP contribution in [0.15, 0.2) is 26.8 Å². The highest BCUT2D eigenvalue weighted by atomic mass is 32.1. The highest BCUT2D eigenvalue weighted by Gasteiger charge is 2.42. The van der Waals surface area contributed by atoms with Crippen LogP contribution in [-0.2, 0) is 30.1 Å². The molecule has 2 aromatic heterocycles. The third kappa shape index (κ3) is 5.84. The number of aliphatic hydroxyl groups excluding tert-OH is 2. The highest BCUT2D eigenvalue weighted by Crippen LogP contribution is 2.49. The van der Waals surface area contributed by atoms with Gasteiger partial charge in [0.05, 0.1) is 25.4 Å². The summed E-state index contributed by atoms with van der Waals surface area (Å²) in [5.74, 6) is 0. The minimum Gasteiger partial charge on any atom is -0.394 e. The van der Waals surface area contributed by atoms with Crippen molar-refractivity contribution in [3.8, 4) is 0 Å². The van der Waals surface area contributed by atoms with Crippen LogP contribution >= 0.6 is 19.8 Å². The van der Waals surface area contributed by atoms with Gasteiger partial charge in [-0.05, 0) is 13.8 Å². The summed E-state index contributed by atoms with van der Waals surface area (Å²) < 4.78 is 40.1. The van der Waals surface area contributed by atoms with Crippen molar-refractivity contribution in [2.24, 2.45) is 7.05 Å². The number of hydrogen-bond acceptors (Lipinski definition) is 11. The Balaban J connectivity index is 1.40. The molecule has 0 amide bonds. The molecule has 4 heterocycles. The van der Waals surface area contributed by atoms with Crippen LogP contribution in [0.3, 0.4) is 0 Å². The Hall–Kier alpha value is -2.23. The van der Waals surface area contributed by atoms with Crippen LogP contribution in [0.1, 0.15) is 36.4 Å². The van der Waals surface area contributed by atoms with E-state index in [0.29, 0.717) is 15.8 Å². The standard InChI is InChI=1S/C22H31N4O10PS/c1-11-7-25(21(30)23-19(11)29)18-6-14(15(9-27)34-18)36-37(4,32)33-10-16-13(28)5-17(35-16)26-8-12(2)20(38)24(3)22(26)31/h7-8,13-18,27-28H,5-6,9-10H2,1-4H3,(H,23,29,30)/t13-,14-,15+,16+,17+,18+,37?/m0/s1. The molecule has 38 heavy (non-hydrogen) atoms. The van der Waals surface area contributed by atoms with Crippen LogP contribution in [0.4, 0.5) is 0 Å². The van der Waals surface area contributed by atoms with Gasteiger partial charge >= 0.3 is 19.0 Å². The van der Waals surface area contributed by atoms with E-state index in [0.717, 1.165) is 0 Å². The second-order valence-electron chi connectivity index (χ2n) is 9.54. The predicted octanol–water partition coefficient (Wildman–Crippen LogP) is 0.236. The summed E-state index contributed by atoms with van der Waals surface area (Å²) in [5, 5.41) is 20.3. The van der Waals surface area contributed by atoms with E-state index >= 15 is 0 Å². The molecule has 2 aromatic rings. The zero-order valence-corrected chi connectivity index (χ0v) is 23.0. The van der Waals surface area contributed by atoms with Gasteiger partial charge in [0.25, 0.3) is 5.56 Å². The van der Waals surface area contributed by atoms with Crippen molar-refractivity contribution in [2.75, 3.05) is 19.9 Å². The monoisotopic (exact) mass is 574 g/mol. The van der Waals surface area contributed by atoms with Gasteiger partial charge in [0.15, 0.2) is 0 Å². The average Bonchev–Trinajstić information content (AvgIpc) is 3.43. The van der Waals surface area contributed by atoms with Crippen molar-refractivity contribution in [3.63, 3.8) is 0 Å².